The van der Waals surface area contributed by atoms with Crippen LogP contribution in [0.5, 0.6) is 11.5 Å². The highest BCUT2D eigenvalue weighted by Crippen LogP contribution is 2.28. The molecule has 0 saturated carbocycles. The molecule has 0 bridgehead atoms. The molecular weight excluding hydrogens is 250 g/mol. The molecule has 0 fully saturated rings. The van der Waals surface area contributed by atoms with Gasteiger partial charge in [0.1, 0.15) is 0 Å². The fourth-order valence-electron chi connectivity index (χ4n) is 1.64. The van der Waals surface area contributed by atoms with Crippen LogP contribution in [0.25, 0.3) is 0 Å². The Morgan fingerprint density at radius 2 is 1.95 bits per heavy atom. The van der Waals surface area contributed by atoms with Crippen molar-refractivity contribution in [3.8, 4) is 23.8 Å². The van der Waals surface area contributed by atoms with Crippen molar-refractivity contribution in [2.45, 2.75) is 46.2 Å². The molecule has 3 heteroatoms. The zero-order valence-electron chi connectivity index (χ0n) is 13.0. The monoisotopic (exact) mass is 275 g/mol. The second-order valence-corrected chi connectivity index (χ2v) is 5.62. The van der Waals surface area contributed by atoms with Gasteiger partial charge >= 0.3 is 0 Å². The first-order valence-corrected chi connectivity index (χ1v) is 7.03. The molecule has 1 rings (SSSR count). The van der Waals surface area contributed by atoms with Gasteiger partial charge < -0.3 is 14.8 Å². The lowest BCUT2D eigenvalue weighted by atomic mass is 10.1. The van der Waals surface area contributed by atoms with E-state index in [1.54, 1.807) is 0 Å². The molecule has 0 aromatic heterocycles. The summed E-state index contributed by atoms with van der Waals surface area (Å²) in [6, 6.07) is 6.01. The predicted octanol–water partition coefficient (Wildman–Crippen LogP) is 3.38. The summed E-state index contributed by atoms with van der Waals surface area (Å²) in [6.07, 6.45) is 5.82. The van der Waals surface area contributed by atoms with E-state index < -0.39 is 0 Å². The summed E-state index contributed by atoms with van der Waals surface area (Å²) < 4.78 is 11.3. The molecule has 0 aliphatic rings. The van der Waals surface area contributed by atoms with E-state index in [0.717, 1.165) is 18.0 Å². The summed E-state index contributed by atoms with van der Waals surface area (Å²) in [6.45, 7) is 10.3. The molecule has 0 radical (unpaired) electrons. The fourth-order valence-corrected chi connectivity index (χ4v) is 1.64. The third kappa shape index (κ3) is 5.99. The van der Waals surface area contributed by atoms with Crippen LogP contribution in [0.1, 0.15) is 39.7 Å². The van der Waals surface area contributed by atoms with Crippen molar-refractivity contribution in [3.05, 3.63) is 23.8 Å². The molecule has 20 heavy (non-hydrogen) atoms. The number of ether oxygens (including phenoxy) is 2. The van der Waals surface area contributed by atoms with E-state index in [9.17, 15) is 0 Å². The molecule has 0 heterocycles. The van der Waals surface area contributed by atoms with Crippen LogP contribution >= 0.6 is 0 Å². The highest BCUT2D eigenvalue weighted by Gasteiger charge is 2.10. The van der Waals surface area contributed by atoms with Gasteiger partial charge in [0.2, 0.25) is 0 Å². The average Bonchev–Trinajstić information content (AvgIpc) is 2.38. The van der Waals surface area contributed by atoms with Crippen LogP contribution in [0.2, 0.25) is 0 Å². The topological polar surface area (TPSA) is 30.5 Å². The maximum Gasteiger partial charge on any atom is 0.161 e. The van der Waals surface area contributed by atoms with Crippen LogP contribution in [0.4, 0.5) is 0 Å². The minimum Gasteiger partial charge on any atom is -0.490 e. The van der Waals surface area contributed by atoms with Gasteiger partial charge in [-0.05, 0) is 45.4 Å². The Bertz CT molecular complexity index is 455. The SMILES string of the molecule is C#CCCOc1ccc(CNC(C)(C)C)cc1OCC. The van der Waals surface area contributed by atoms with Crippen LogP contribution in [-0.2, 0) is 6.54 Å². The van der Waals surface area contributed by atoms with Gasteiger partial charge in [0.25, 0.3) is 0 Å². The highest BCUT2D eigenvalue weighted by atomic mass is 16.5. The minimum atomic E-state index is 0.0910. The lowest BCUT2D eigenvalue weighted by Gasteiger charge is -2.21. The first kappa shape index (κ1) is 16.4. The predicted molar refractivity (Wildman–Crippen MR) is 83.1 cm³/mol. The zero-order valence-corrected chi connectivity index (χ0v) is 13.0. The summed E-state index contributed by atoms with van der Waals surface area (Å²) in [4.78, 5) is 0. The van der Waals surface area contributed by atoms with Crippen LogP contribution in [0.3, 0.4) is 0 Å². The normalized spacial score (nSPS) is 10.9. The summed E-state index contributed by atoms with van der Waals surface area (Å²) in [5, 5.41) is 3.46. The molecule has 1 aromatic carbocycles. The van der Waals surface area contributed by atoms with Crippen LogP contribution in [0.15, 0.2) is 18.2 Å². The van der Waals surface area contributed by atoms with Gasteiger partial charge in [0.15, 0.2) is 11.5 Å². The highest BCUT2D eigenvalue weighted by molar-refractivity contribution is 5.43. The molecule has 0 unspecified atom stereocenters. The molecule has 110 valence electrons. The van der Waals surface area contributed by atoms with Gasteiger partial charge in [0, 0.05) is 18.5 Å². The second-order valence-electron chi connectivity index (χ2n) is 5.62. The third-order valence-electron chi connectivity index (χ3n) is 2.63. The van der Waals surface area contributed by atoms with Crippen molar-refractivity contribution in [1.29, 1.82) is 0 Å². The standard InChI is InChI=1S/C17H25NO2/c1-6-8-11-20-15-10-9-14(12-16(15)19-7-2)13-18-17(3,4)5/h1,9-10,12,18H,7-8,11,13H2,2-5H3. The van der Waals surface area contributed by atoms with Crippen molar-refractivity contribution < 1.29 is 9.47 Å². The summed E-state index contributed by atoms with van der Waals surface area (Å²) >= 11 is 0. The van der Waals surface area contributed by atoms with Crippen molar-refractivity contribution in [3.63, 3.8) is 0 Å². The van der Waals surface area contributed by atoms with E-state index in [2.05, 4.69) is 32.0 Å². The number of rotatable bonds is 7. The van der Waals surface area contributed by atoms with Crippen molar-refractivity contribution in [2.75, 3.05) is 13.2 Å². The second kappa shape index (κ2) is 7.81. The van der Waals surface area contributed by atoms with Crippen LogP contribution < -0.4 is 14.8 Å². The Balaban J connectivity index is 2.75. The Kier molecular flexibility index (Phi) is 6.41. The first-order valence-electron chi connectivity index (χ1n) is 7.03. The van der Waals surface area contributed by atoms with E-state index in [0.29, 0.717) is 19.6 Å². The lowest BCUT2D eigenvalue weighted by molar-refractivity contribution is 0.281. The van der Waals surface area contributed by atoms with Crippen molar-refractivity contribution >= 4 is 0 Å². The molecule has 0 aliphatic carbocycles. The Hall–Kier alpha value is -1.66. The lowest BCUT2D eigenvalue weighted by Crippen LogP contribution is -2.35. The summed E-state index contributed by atoms with van der Waals surface area (Å²) in [5.74, 6) is 4.09. The maximum absolute atomic E-state index is 5.64. The van der Waals surface area contributed by atoms with Gasteiger partial charge in [-0.2, -0.15) is 0 Å². The minimum absolute atomic E-state index is 0.0910. The first-order chi connectivity index (χ1) is 9.46. The average molecular weight is 275 g/mol. The Labute approximate surface area is 122 Å². The number of nitrogens with one attached hydrogen (secondary N) is 1. The molecule has 1 aromatic rings. The van der Waals surface area contributed by atoms with E-state index in [1.807, 2.05) is 25.1 Å². The van der Waals surface area contributed by atoms with Crippen LogP contribution in [-0.4, -0.2) is 18.8 Å². The van der Waals surface area contributed by atoms with E-state index in [4.69, 9.17) is 15.9 Å². The van der Waals surface area contributed by atoms with Crippen molar-refractivity contribution in [2.24, 2.45) is 0 Å². The Morgan fingerprint density at radius 1 is 1.20 bits per heavy atom. The van der Waals surface area contributed by atoms with E-state index in [1.165, 1.54) is 5.56 Å². The summed E-state index contributed by atoms with van der Waals surface area (Å²) in [7, 11) is 0. The van der Waals surface area contributed by atoms with Gasteiger partial charge in [-0.15, -0.1) is 12.3 Å². The number of benzene rings is 1. The quantitative estimate of drug-likeness (QED) is 0.611. The molecular formula is C17H25NO2. The number of terminal acetylenes is 1. The molecule has 0 amide bonds. The Morgan fingerprint density at radius 3 is 2.55 bits per heavy atom. The largest absolute Gasteiger partial charge is 0.490 e. The maximum atomic E-state index is 5.64. The van der Waals surface area contributed by atoms with Crippen molar-refractivity contribution in [1.82, 2.24) is 5.32 Å². The van der Waals surface area contributed by atoms with E-state index >= 15 is 0 Å². The summed E-state index contributed by atoms with van der Waals surface area (Å²) in [5.41, 5.74) is 1.26. The number of hydrogen-bond donors (Lipinski definition) is 1. The third-order valence-corrected chi connectivity index (χ3v) is 2.63. The van der Waals surface area contributed by atoms with Gasteiger partial charge in [0.05, 0.1) is 13.2 Å². The number of hydrogen-bond acceptors (Lipinski definition) is 3. The van der Waals surface area contributed by atoms with Gasteiger partial charge in [-0.1, -0.05) is 6.07 Å². The molecule has 0 atom stereocenters. The molecule has 3 nitrogen and oxygen atoms in total. The molecule has 1 N–H and O–H groups in total. The van der Waals surface area contributed by atoms with Crippen LogP contribution in [0, 0.1) is 12.3 Å². The molecule has 0 saturated heterocycles. The van der Waals surface area contributed by atoms with Gasteiger partial charge in [-0.25, -0.2) is 0 Å². The molecule has 0 aliphatic heterocycles. The fraction of sp³-hybridized carbons (Fsp3) is 0.529. The zero-order chi connectivity index (χ0) is 15.0. The van der Waals surface area contributed by atoms with Gasteiger partial charge in [-0.3, -0.25) is 0 Å². The smallest absolute Gasteiger partial charge is 0.161 e. The molecule has 0 spiro atoms. The van der Waals surface area contributed by atoms with E-state index in [-0.39, 0.29) is 5.54 Å².